The molecular formula is C12H21F3N2O2. The molecule has 0 amide bonds. The Morgan fingerprint density at radius 1 is 1.53 bits per heavy atom. The molecule has 0 bridgehead atoms. The summed E-state index contributed by atoms with van der Waals surface area (Å²) in [6.45, 7) is -0.960. The van der Waals surface area contributed by atoms with E-state index in [0.29, 0.717) is 25.7 Å². The van der Waals surface area contributed by atoms with Gasteiger partial charge in [0.05, 0.1) is 13.7 Å². The van der Waals surface area contributed by atoms with E-state index in [-0.39, 0.29) is 6.04 Å². The summed E-state index contributed by atoms with van der Waals surface area (Å²) in [4.78, 5) is 13.1. The van der Waals surface area contributed by atoms with Gasteiger partial charge in [-0.25, -0.2) is 0 Å². The molecule has 1 aliphatic carbocycles. The highest BCUT2D eigenvalue weighted by molar-refractivity contribution is 5.81. The molecule has 0 aromatic heterocycles. The predicted molar refractivity (Wildman–Crippen MR) is 64.7 cm³/mol. The molecule has 19 heavy (non-hydrogen) atoms. The Balaban J connectivity index is 2.75. The van der Waals surface area contributed by atoms with Crippen LogP contribution in [0.2, 0.25) is 0 Å². The SMILES string of the molecule is CNC1(C(=O)OC)CCCC(N(C)CC(F)(F)F)C1. The molecule has 1 rings (SSSR count). The van der Waals surface area contributed by atoms with Crippen LogP contribution in [0.25, 0.3) is 0 Å². The summed E-state index contributed by atoms with van der Waals surface area (Å²) in [7, 11) is 4.38. The fourth-order valence-electron chi connectivity index (χ4n) is 2.74. The first-order valence-corrected chi connectivity index (χ1v) is 6.28. The Bertz CT molecular complexity index is 323. The molecule has 2 atom stereocenters. The summed E-state index contributed by atoms with van der Waals surface area (Å²) in [5, 5.41) is 2.93. The van der Waals surface area contributed by atoms with E-state index in [0.717, 1.165) is 0 Å². The number of hydrogen-bond acceptors (Lipinski definition) is 4. The molecule has 2 unspecified atom stereocenters. The second-order valence-corrected chi connectivity index (χ2v) is 5.10. The van der Waals surface area contributed by atoms with Gasteiger partial charge in [0.1, 0.15) is 5.54 Å². The maximum Gasteiger partial charge on any atom is 0.401 e. The molecule has 1 aliphatic rings. The number of carbonyl (C=O) groups excluding carboxylic acids is 1. The third-order valence-electron chi connectivity index (χ3n) is 3.83. The summed E-state index contributed by atoms with van der Waals surface area (Å²) in [6, 6.07) is -0.276. The van der Waals surface area contributed by atoms with Crippen molar-refractivity contribution in [3.8, 4) is 0 Å². The fraction of sp³-hybridized carbons (Fsp3) is 0.917. The van der Waals surface area contributed by atoms with Crippen LogP contribution in [0.1, 0.15) is 25.7 Å². The number of likely N-dealkylation sites (N-methyl/N-ethyl adjacent to an activating group) is 1. The number of ether oxygens (including phenoxy) is 1. The molecule has 1 fully saturated rings. The number of nitrogens with one attached hydrogen (secondary N) is 1. The van der Waals surface area contributed by atoms with Gasteiger partial charge in [-0.3, -0.25) is 9.69 Å². The van der Waals surface area contributed by atoms with Gasteiger partial charge in [-0.05, 0) is 39.8 Å². The third kappa shape index (κ3) is 4.07. The van der Waals surface area contributed by atoms with Gasteiger partial charge >= 0.3 is 12.1 Å². The molecule has 1 N–H and O–H groups in total. The van der Waals surface area contributed by atoms with E-state index in [2.05, 4.69) is 5.32 Å². The quantitative estimate of drug-likeness (QED) is 0.795. The first-order valence-electron chi connectivity index (χ1n) is 6.28. The van der Waals surface area contributed by atoms with Gasteiger partial charge in [-0.2, -0.15) is 13.2 Å². The Kier molecular flexibility index (Phi) is 5.20. The molecule has 0 radical (unpaired) electrons. The highest BCUT2D eigenvalue weighted by Crippen LogP contribution is 2.32. The lowest BCUT2D eigenvalue weighted by atomic mass is 9.78. The maximum atomic E-state index is 12.4. The van der Waals surface area contributed by atoms with Crippen LogP contribution in [0.3, 0.4) is 0 Å². The number of methoxy groups -OCH3 is 1. The van der Waals surface area contributed by atoms with Crippen molar-refractivity contribution < 1.29 is 22.7 Å². The highest BCUT2D eigenvalue weighted by atomic mass is 19.4. The lowest BCUT2D eigenvalue weighted by Gasteiger charge is -2.41. The van der Waals surface area contributed by atoms with Crippen molar-refractivity contribution in [1.82, 2.24) is 10.2 Å². The molecule has 4 nitrogen and oxygen atoms in total. The first kappa shape index (κ1) is 16.2. The van der Waals surface area contributed by atoms with Crippen molar-refractivity contribution in [3.63, 3.8) is 0 Å². The zero-order chi connectivity index (χ0) is 14.7. The maximum absolute atomic E-state index is 12.4. The number of nitrogens with zero attached hydrogens (tertiary/aromatic N) is 1. The van der Waals surface area contributed by atoms with E-state index >= 15 is 0 Å². The summed E-state index contributed by atoms with van der Waals surface area (Å²) in [5.41, 5.74) is -0.864. The first-order chi connectivity index (χ1) is 8.74. The van der Waals surface area contributed by atoms with Crippen molar-refractivity contribution in [2.45, 2.75) is 43.4 Å². The minimum absolute atomic E-state index is 0.276. The smallest absolute Gasteiger partial charge is 0.401 e. The Morgan fingerprint density at radius 2 is 2.16 bits per heavy atom. The second kappa shape index (κ2) is 6.09. The number of esters is 1. The van der Waals surface area contributed by atoms with Crippen LogP contribution in [-0.2, 0) is 9.53 Å². The monoisotopic (exact) mass is 282 g/mol. The number of hydrogen-bond donors (Lipinski definition) is 1. The van der Waals surface area contributed by atoms with E-state index in [1.807, 2.05) is 0 Å². The topological polar surface area (TPSA) is 41.6 Å². The summed E-state index contributed by atoms with van der Waals surface area (Å²) < 4.78 is 42.0. The molecule has 7 heteroatoms. The van der Waals surface area contributed by atoms with Gasteiger partial charge < -0.3 is 10.1 Å². The number of carbonyl (C=O) groups is 1. The largest absolute Gasteiger partial charge is 0.468 e. The minimum Gasteiger partial charge on any atom is -0.468 e. The summed E-state index contributed by atoms with van der Waals surface area (Å²) in [6.07, 6.45) is -1.94. The fourth-order valence-corrected chi connectivity index (χ4v) is 2.74. The number of halogens is 3. The number of rotatable bonds is 4. The zero-order valence-corrected chi connectivity index (χ0v) is 11.5. The van der Waals surface area contributed by atoms with Crippen molar-refractivity contribution in [2.75, 3.05) is 27.7 Å². The molecule has 112 valence electrons. The van der Waals surface area contributed by atoms with Gasteiger partial charge in [-0.15, -0.1) is 0 Å². The van der Waals surface area contributed by atoms with Gasteiger partial charge in [0.15, 0.2) is 0 Å². The van der Waals surface area contributed by atoms with Crippen LogP contribution >= 0.6 is 0 Å². The van der Waals surface area contributed by atoms with Gasteiger partial charge in [0.2, 0.25) is 0 Å². The normalized spacial score (nSPS) is 28.5. The van der Waals surface area contributed by atoms with E-state index in [4.69, 9.17) is 4.74 Å². The molecule has 0 spiro atoms. The van der Waals surface area contributed by atoms with Crippen molar-refractivity contribution in [1.29, 1.82) is 0 Å². The Labute approximate surface area is 111 Å². The van der Waals surface area contributed by atoms with Crippen LogP contribution in [-0.4, -0.2) is 56.4 Å². The van der Waals surface area contributed by atoms with Crippen LogP contribution in [0.4, 0.5) is 13.2 Å². The van der Waals surface area contributed by atoms with Crippen molar-refractivity contribution in [2.24, 2.45) is 0 Å². The zero-order valence-electron chi connectivity index (χ0n) is 11.5. The van der Waals surface area contributed by atoms with Gasteiger partial charge in [0.25, 0.3) is 0 Å². The van der Waals surface area contributed by atoms with Crippen LogP contribution < -0.4 is 5.32 Å². The predicted octanol–water partition coefficient (Wildman–Crippen LogP) is 1.55. The third-order valence-corrected chi connectivity index (χ3v) is 3.83. The van der Waals surface area contributed by atoms with Crippen LogP contribution in [0, 0.1) is 0 Å². The summed E-state index contributed by atoms with van der Waals surface area (Å²) in [5.74, 6) is -0.403. The molecule has 0 aromatic rings. The molecule has 0 saturated heterocycles. The highest BCUT2D eigenvalue weighted by Gasteiger charge is 2.44. The second-order valence-electron chi connectivity index (χ2n) is 5.10. The molecule has 1 saturated carbocycles. The standard InChI is InChI=1S/C12H21F3N2O2/c1-16-11(10(18)19-3)6-4-5-9(7-11)17(2)8-12(13,14)15/h9,16H,4-8H2,1-3H3. The van der Waals surface area contributed by atoms with E-state index in [1.54, 1.807) is 7.05 Å². The molecular weight excluding hydrogens is 261 g/mol. The molecule has 0 aromatic carbocycles. The minimum atomic E-state index is -4.22. The molecule has 0 heterocycles. The van der Waals surface area contributed by atoms with Crippen LogP contribution in [0.15, 0.2) is 0 Å². The van der Waals surface area contributed by atoms with Crippen LogP contribution in [0.5, 0.6) is 0 Å². The van der Waals surface area contributed by atoms with Crippen molar-refractivity contribution >= 4 is 5.97 Å². The van der Waals surface area contributed by atoms with E-state index in [1.165, 1.54) is 19.1 Å². The van der Waals surface area contributed by atoms with E-state index < -0.39 is 24.2 Å². The molecule has 0 aliphatic heterocycles. The average molecular weight is 282 g/mol. The van der Waals surface area contributed by atoms with Gasteiger partial charge in [0, 0.05) is 6.04 Å². The van der Waals surface area contributed by atoms with Gasteiger partial charge in [-0.1, -0.05) is 0 Å². The lowest BCUT2D eigenvalue weighted by molar-refractivity contribution is -0.156. The Hall–Kier alpha value is -0.820. The van der Waals surface area contributed by atoms with E-state index in [9.17, 15) is 18.0 Å². The summed E-state index contributed by atoms with van der Waals surface area (Å²) >= 11 is 0. The van der Waals surface area contributed by atoms with Crippen molar-refractivity contribution in [3.05, 3.63) is 0 Å². The lowest BCUT2D eigenvalue weighted by Crippen LogP contribution is -2.57. The Morgan fingerprint density at radius 3 is 2.63 bits per heavy atom. The average Bonchev–Trinajstić information content (AvgIpc) is 2.35. The number of alkyl halides is 3.